The molecule has 20 heavy (non-hydrogen) atoms. The fraction of sp³-hybridized carbons (Fsp3) is 0.615. The van der Waals surface area contributed by atoms with E-state index in [1.54, 1.807) is 24.8 Å². The second-order valence-electron chi connectivity index (χ2n) is 5.02. The lowest BCUT2D eigenvalue weighted by Gasteiger charge is -2.45. The van der Waals surface area contributed by atoms with E-state index in [4.69, 9.17) is 0 Å². The summed E-state index contributed by atoms with van der Waals surface area (Å²) in [5.74, 6) is 1.19. The van der Waals surface area contributed by atoms with E-state index in [1.807, 2.05) is 0 Å². The van der Waals surface area contributed by atoms with Gasteiger partial charge in [0.25, 0.3) is 0 Å². The third-order valence-corrected chi connectivity index (χ3v) is 5.09. The van der Waals surface area contributed by atoms with Crippen LogP contribution >= 0.6 is 11.8 Å². The van der Waals surface area contributed by atoms with Crippen LogP contribution in [0.15, 0.2) is 12.3 Å². The SMILES string of the molecule is CCSC1CCC1(O)CNc1nccc(C)c1[N+](=O)[O-]. The van der Waals surface area contributed by atoms with Gasteiger partial charge in [-0.15, -0.1) is 0 Å². The van der Waals surface area contributed by atoms with Gasteiger partial charge in [-0.1, -0.05) is 6.92 Å². The molecule has 1 aromatic heterocycles. The standard InChI is InChI=1S/C13H19N3O3S/c1-3-20-10-4-6-13(10,17)8-15-12-11(16(18)19)9(2)5-7-14-12/h5,7,10,17H,3-4,6,8H2,1-2H3,(H,14,15). The number of aromatic nitrogens is 1. The Hall–Kier alpha value is -1.34. The summed E-state index contributed by atoms with van der Waals surface area (Å²) in [6, 6.07) is 1.61. The Kier molecular flexibility index (Phi) is 4.49. The Morgan fingerprint density at radius 3 is 3.00 bits per heavy atom. The van der Waals surface area contributed by atoms with Gasteiger partial charge in [0, 0.05) is 23.6 Å². The smallest absolute Gasteiger partial charge is 0.314 e. The van der Waals surface area contributed by atoms with Crippen LogP contribution in [0.4, 0.5) is 11.5 Å². The van der Waals surface area contributed by atoms with Gasteiger partial charge in [0.2, 0.25) is 5.82 Å². The zero-order chi connectivity index (χ0) is 14.8. The van der Waals surface area contributed by atoms with E-state index in [1.165, 1.54) is 6.20 Å². The van der Waals surface area contributed by atoms with Crippen LogP contribution in [-0.2, 0) is 0 Å². The summed E-state index contributed by atoms with van der Waals surface area (Å²) in [6.07, 6.45) is 3.24. The van der Waals surface area contributed by atoms with Gasteiger partial charge in [-0.2, -0.15) is 11.8 Å². The molecule has 1 aliphatic rings. The summed E-state index contributed by atoms with van der Waals surface area (Å²) < 4.78 is 0. The second-order valence-corrected chi connectivity index (χ2v) is 6.50. The van der Waals surface area contributed by atoms with Crippen LogP contribution in [0.3, 0.4) is 0 Å². The Bertz CT molecular complexity index is 512. The van der Waals surface area contributed by atoms with E-state index < -0.39 is 10.5 Å². The predicted molar refractivity (Wildman–Crippen MR) is 80.2 cm³/mol. The van der Waals surface area contributed by atoms with Crippen LogP contribution in [0.2, 0.25) is 0 Å². The molecule has 0 saturated heterocycles. The molecule has 1 aromatic rings. The maximum atomic E-state index is 11.1. The molecule has 1 aliphatic carbocycles. The molecule has 0 amide bonds. The van der Waals surface area contributed by atoms with Crippen molar-refractivity contribution in [1.29, 1.82) is 0 Å². The number of aryl methyl sites for hydroxylation is 1. The maximum Gasteiger partial charge on any atom is 0.314 e. The molecule has 0 aliphatic heterocycles. The molecule has 2 unspecified atom stereocenters. The van der Waals surface area contributed by atoms with Gasteiger partial charge < -0.3 is 10.4 Å². The molecule has 0 aromatic carbocycles. The van der Waals surface area contributed by atoms with Crippen LogP contribution < -0.4 is 5.32 Å². The molecule has 0 radical (unpaired) electrons. The number of hydrogen-bond acceptors (Lipinski definition) is 6. The Morgan fingerprint density at radius 2 is 2.45 bits per heavy atom. The van der Waals surface area contributed by atoms with Gasteiger partial charge in [0.05, 0.1) is 10.5 Å². The van der Waals surface area contributed by atoms with Gasteiger partial charge in [0.1, 0.15) is 0 Å². The van der Waals surface area contributed by atoms with Crippen molar-refractivity contribution in [2.24, 2.45) is 0 Å². The molecular weight excluding hydrogens is 278 g/mol. The minimum atomic E-state index is -0.792. The van der Waals surface area contributed by atoms with Gasteiger partial charge in [-0.05, 0) is 31.6 Å². The van der Waals surface area contributed by atoms with Crippen molar-refractivity contribution < 1.29 is 10.0 Å². The molecule has 2 rings (SSSR count). The van der Waals surface area contributed by atoms with Gasteiger partial charge >= 0.3 is 5.69 Å². The molecule has 0 bridgehead atoms. The molecule has 1 heterocycles. The van der Waals surface area contributed by atoms with Crippen molar-refractivity contribution in [3.63, 3.8) is 0 Å². The fourth-order valence-corrected chi connectivity index (χ4v) is 3.58. The largest absolute Gasteiger partial charge is 0.387 e. The Morgan fingerprint density at radius 1 is 1.70 bits per heavy atom. The highest BCUT2D eigenvalue weighted by atomic mass is 32.2. The van der Waals surface area contributed by atoms with Crippen LogP contribution in [0.25, 0.3) is 0 Å². The Labute approximate surface area is 122 Å². The molecule has 2 atom stereocenters. The molecule has 110 valence electrons. The molecule has 1 saturated carbocycles. The van der Waals surface area contributed by atoms with Crippen molar-refractivity contribution in [2.45, 2.75) is 37.5 Å². The van der Waals surface area contributed by atoms with Crippen molar-refractivity contribution >= 4 is 23.3 Å². The summed E-state index contributed by atoms with van der Waals surface area (Å²) in [5, 5.41) is 24.7. The van der Waals surface area contributed by atoms with Crippen molar-refractivity contribution in [3.05, 3.63) is 27.9 Å². The van der Waals surface area contributed by atoms with Crippen molar-refractivity contribution in [1.82, 2.24) is 4.98 Å². The summed E-state index contributed by atoms with van der Waals surface area (Å²) in [7, 11) is 0. The number of rotatable bonds is 6. The average Bonchev–Trinajstić information content (AvgIpc) is 2.40. The zero-order valence-corrected chi connectivity index (χ0v) is 12.4. The first-order valence-corrected chi connectivity index (χ1v) is 7.70. The van der Waals surface area contributed by atoms with E-state index >= 15 is 0 Å². The topological polar surface area (TPSA) is 88.3 Å². The minimum absolute atomic E-state index is 0.0184. The molecule has 2 N–H and O–H groups in total. The number of aliphatic hydroxyl groups is 1. The zero-order valence-electron chi connectivity index (χ0n) is 11.6. The Balaban J connectivity index is 2.08. The highest BCUT2D eigenvalue weighted by Gasteiger charge is 2.45. The van der Waals surface area contributed by atoms with Crippen LogP contribution in [0.5, 0.6) is 0 Å². The molecular formula is C13H19N3O3S. The number of nitrogens with zero attached hydrogens (tertiary/aromatic N) is 2. The molecule has 0 spiro atoms. The van der Waals surface area contributed by atoms with Crippen molar-refractivity contribution in [3.8, 4) is 0 Å². The minimum Gasteiger partial charge on any atom is -0.387 e. The van der Waals surface area contributed by atoms with Gasteiger partial charge in [0.15, 0.2) is 0 Å². The monoisotopic (exact) mass is 297 g/mol. The number of pyridine rings is 1. The third-order valence-electron chi connectivity index (χ3n) is 3.68. The summed E-state index contributed by atoms with van der Waals surface area (Å²) in [5.41, 5.74) is -0.248. The van der Waals surface area contributed by atoms with Crippen LogP contribution in [0, 0.1) is 17.0 Å². The van der Waals surface area contributed by atoms with E-state index in [0.29, 0.717) is 12.1 Å². The highest BCUT2D eigenvalue weighted by Crippen LogP contribution is 2.41. The number of nitro groups is 1. The second kappa shape index (κ2) is 5.97. The maximum absolute atomic E-state index is 11.1. The van der Waals surface area contributed by atoms with E-state index in [9.17, 15) is 15.2 Å². The lowest BCUT2D eigenvalue weighted by molar-refractivity contribution is -0.384. The van der Waals surface area contributed by atoms with E-state index in [0.717, 1.165) is 18.6 Å². The lowest BCUT2D eigenvalue weighted by Crippen LogP contribution is -2.54. The first-order chi connectivity index (χ1) is 9.48. The number of nitrogens with one attached hydrogen (secondary N) is 1. The van der Waals surface area contributed by atoms with Crippen LogP contribution in [-0.4, -0.2) is 38.2 Å². The van der Waals surface area contributed by atoms with Crippen LogP contribution in [0.1, 0.15) is 25.3 Å². The van der Waals surface area contributed by atoms with E-state index in [-0.39, 0.29) is 16.8 Å². The summed E-state index contributed by atoms with van der Waals surface area (Å²) in [4.78, 5) is 14.7. The average molecular weight is 297 g/mol. The van der Waals surface area contributed by atoms with Crippen molar-refractivity contribution in [2.75, 3.05) is 17.6 Å². The first-order valence-electron chi connectivity index (χ1n) is 6.66. The predicted octanol–water partition coefficient (Wildman–Crippen LogP) is 2.36. The summed E-state index contributed by atoms with van der Waals surface area (Å²) >= 11 is 1.73. The van der Waals surface area contributed by atoms with E-state index in [2.05, 4.69) is 17.2 Å². The molecule has 6 nitrogen and oxygen atoms in total. The normalized spacial score (nSPS) is 25.1. The summed E-state index contributed by atoms with van der Waals surface area (Å²) in [6.45, 7) is 4.03. The number of anilines is 1. The lowest BCUT2D eigenvalue weighted by atomic mass is 9.79. The molecule has 7 heteroatoms. The quantitative estimate of drug-likeness (QED) is 0.619. The molecule has 1 fully saturated rings. The number of hydrogen-bond donors (Lipinski definition) is 2. The number of thioether (sulfide) groups is 1. The van der Waals surface area contributed by atoms with Gasteiger partial charge in [-0.3, -0.25) is 10.1 Å². The third kappa shape index (κ3) is 2.88. The highest BCUT2D eigenvalue weighted by molar-refractivity contribution is 8.00. The first kappa shape index (κ1) is 15.1. The fourth-order valence-electron chi connectivity index (χ4n) is 2.38. The van der Waals surface area contributed by atoms with Gasteiger partial charge in [-0.25, -0.2) is 4.98 Å².